The van der Waals surface area contributed by atoms with E-state index in [1.165, 1.54) is 0 Å². The van der Waals surface area contributed by atoms with E-state index in [0.717, 1.165) is 18.7 Å². The van der Waals surface area contributed by atoms with Crippen molar-refractivity contribution in [2.45, 2.75) is 13.0 Å². The Morgan fingerprint density at radius 2 is 1.74 bits per heavy atom. The van der Waals surface area contributed by atoms with Crippen LogP contribution in [-0.2, 0) is 9.53 Å². The summed E-state index contributed by atoms with van der Waals surface area (Å²) in [7, 11) is 3.19. The van der Waals surface area contributed by atoms with Gasteiger partial charge >= 0.3 is 0 Å². The van der Waals surface area contributed by atoms with Crippen molar-refractivity contribution in [1.29, 1.82) is 0 Å². The first-order valence-corrected chi connectivity index (χ1v) is 11.4. The standard InChI is InChI=1S/C25H33N3O6/c1-4-34-21-8-6-5-7-19(21)25(30)27-17-24(29)26-16-20(28-11-13-33-14-12-28)18-9-10-22(31-2)23(15-18)32-3/h5-10,15,20H,4,11-14,16-17H2,1-3H3,(H,26,29)(H,27,30). The summed E-state index contributed by atoms with van der Waals surface area (Å²) in [5.74, 6) is 1.13. The smallest absolute Gasteiger partial charge is 0.255 e. The number of nitrogens with one attached hydrogen (secondary N) is 2. The monoisotopic (exact) mass is 471 g/mol. The lowest BCUT2D eigenvalue weighted by Gasteiger charge is -2.35. The number of hydrogen-bond donors (Lipinski definition) is 2. The van der Waals surface area contributed by atoms with Gasteiger partial charge in [-0.25, -0.2) is 0 Å². The Morgan fingerprint density at radius 3 is 2.44 bits per heavy atom. The van der Waals surface area contributed by atoms with Gasteiger partial charge in [-0.2, -0.15) is 0 Å². The average molecular weight is 472 g/mol. The Bertz CT molecular complexity index is 961. The molecule has 0 bridgehead atoms. The summed E-state index contributed by atoms with van der Waals surface area (Å²) in [5, 5.41) is 5.62. The molecule has 3 rings (SSSR count). The number of para-hydroxylation sites is 1. The number of morpholine rings is 1. The third-order valence-electron chi connectivity index (χ3n) is 5.61. The Balaban J connectivity index is 1.63. The minimum atomic E-state index is -0.358. The van der Waals surface area contributed by atoms with Gasteiger partial charge in [0.25, 0.3) is 5.91 Å². The van der Waals surface area contributed by atoms with Gasteiger partial charge in [0.2, 0.25) is 5.91 Å². The van der Waals surface area contributed by atoms with Gasteiger partial charge in [0.15, 0.2) is 11.5 Å². The van der Waals surface area contributed by atoms with Crippen molar-refractivity contribution in [3.8, 4) is 17.2 Å². The molecule has 1 atom stereocenters. The molecule has 1 aliphatic rings. The van der Waals surface area contributed by atoms with Gasteiger partial charge in [0, 0.05) is 19.6 Å². The fourth-order valence-electron chi connectivity index (χ4n) is 3.87. The fourth-order valence-corrected chi connectivity index (χ4v) is 3.87. The van der Waals surface area contributed by atoms with E-state index >= 15 is 0 Å². The quantitative estimate of drug-likeness (QED) is 0.517. The fraction of sp³-hybridized carbons (Fsp3) is 0.440. The van der Waals surface area contributed by atoms with E-state index in [0.29, 0.717) is 49.2 Å². The largest absolute Gasteiger partial charge is 0.493 e. The second-order valence-corrected chi connectivity index (χ2v) is 7.69. The van der Waals surface area contributed by atoms with Crippen LogP contribution in [0.4, 0.5) is 0 Å². The zero-order chi connectivity index (χ0) is 24.3. The first kappa shape index (κ1) is 25.3. The number of rotatable bonds is 11. The molecule has 2 N–H and O–H groups in total. The van der Waals surface area contributed by atoms with E-state index in [9.17, 15) is 9.59 Å². The zero-order valence-corrected chi connectivity index (χ0v) is 20.0. The summed E-state index contributed by atoms with van der Waals surface area (Å²) < 4.78 is 21.8. The molecule has 9 nitrogen and oxygen atoms in total. The maximum absolute atomic E-state index is 12.6. The SMILES string of the molecule is CCOc1ccccc1C(=O)NCC(=O)NCC(c1ccc(OC)c(OC)c1)N1CCOCC1. The van der Waals surface area contributed by atoms with Gasteiger partial charge in [0.05, 0.1) is 52.2 Å². The molecule has 0 spiro atoms. The first-order valence-electron chi connectivity index (χ1n) is 11.4. The highest BCUT2D eigenvalue weighted by Gasteiger charge is 2.24. The molecule has 0 aromatic heterocycles. The number of carbonyl (C=O) groups excluding carboxylic acids is 2. The molecule has 1 unspecified atom stereocenters. The minimum absolute atomic E-state index is 0.0814. The predicted molar refractivity (Wildman–Crippen MR) is 128 cm³/mol. The number of nitrogens with zero attached hydrogens (tertiary/aromatic N) is 1. The lowest BCUT2D eigenvalue weighted by atomic mass is 10.0. The number of methoxy groups -OCH3 is 2. The Labute approximate surface area is 200 Å². The Hall–Kier alpha value is -3.30. The van der Waals surface area contributed by atoms with Crippen LogP contribution in [0.2, 0.25) is 0 Å². The summed E-state index contributed by atoms with van der Waals surface area (Å²) in [5.41, 5.74) is 1.39. The maximum Gasteiger partial charge on any atom is 0.255 e. The lowest BCUT2D eigenvalue weighted by Crippen LogP contribution is -2.45. The van der Waals surface area contributed by atoms with Crippen LogP contribution < -0.4 is 24.8 Å². The van der Waals surface area contributed by atoms with Gasteiger partial charge in [-0.3, -0.25) is 14.5 Å². The van der Waals surface area contributed by atoms with Crippen molar-refractivity contribution >= 4 is 11.8 Å². The topological polar surface area (TPSA) is 98.4 Å². The zero-order valence-electron chi connectivity index (χ0n) is 20.0. The van der Waals surface area contributed by atoms with E-state index in [1.54, 1.807) is 38.5 Å². The molecule has 2 aromatic carbocycles. The highest BCUT2D eigenvalue weighted by Crippen LogP contribution is 2.32. The highest BCUT2D eigenvalue weighted by molar-refractivity contribution is 5.98. The third kappa shape index (κ3) is 6.61. The van der Waals surface area contributed by atoms with Crippen LogP contribution in [0, 0.1) is 0 Å². The van der Waals surface area contributed by atoms with Gasteiger partial charge in [0.1, 0.15) is 5.75 Å². The number of ether oxygens (including phenoxy) is 4. The van der Waals surface area contributed by atoms with E-state index < -0.39 is 0 Å². The lowest BCUT2D eigenvalue weighted by molar-refractivity contribution is -0.120. The molecule has 0 saturated carbocycles. The summed E-state index contributed by atoms with van der Waals surface area (Å²) in [6, 6.07) is 12.6. The minimum Gasteiger partial charge on any atom is -0.493 e. The molecule has 1 saturated heterocycles. The van der Waals surface area contributed by atoms with Gasteiger partial charge in [-0.1, -0.05) is 18.2 Å². The number of benzene rings is 2. The van der Waals surface area contributed by atoms with Crippen molar-refractivity contribution < 1.29 is 28.5 Å². The summed E-state index contributed by atoms with van der Waals surface area (Å²) in [6.07, 6.45) is 0. The van der Waals surface area contributed by atoms with Crippen LogP contribution in [0.1, 0.15) is 28.9 Å². The molecular weight excluding hydrogens is 438 g/mol. The first-order chi connectivity index (χ1) is 16.6. The molecule has 2 aromatic rings. The van der Waals surface area contributed by atoms with Crippen LogP contribution in [0.15, 0.2) is 42.5 Å². The van der Waals surface area contributed by atoms with Crippen LogP contribution in [0.5, 0.6) is 17.2 Å². The summed E-state index contributed by atoms with van der Waals surface area (Å²) >= 11 is 0. The third-order valence-corrected chi connectivity index (χ3v) is 5.61. The molecule has 0 radical (unpaired) electrons. The van der Waals surface area contributed by atoms with Gasteiger partial charge in [-0.05, 0) is 36.8 Å². The van der Waals surface area contributed by atoms with Crippen LogP contribution >= 0.6 is 0 Å². The molecule has 1 aliphatic heterocycles. The number of carbonyl (C=O) groups is 2. The number of amides is 2. The molecule has 184 valence electrons. The predicted octanol–water partition coefficient (Wildman–Crippen LogP) is 2.02. The van der Waals surface area contributed by atoms with E-state index in [1.807, 2.05) is 25.1 Å². The van der Waals surface area contributed by atoms with Crippen LogP contribution in [0.25, 0.3) is 0 Å². The Kier molecular flexibility index (Phi) is 9.54. The molecular formula is C25H33N3O6. The molecule has 34 heavy (non-hydrogen) atoms. The van der Waals surface area contributed by atoms with Gasteiger partial charge in [-0.15, -0.1) is 0 Å². The van der Waals surface area contributed by atoms with Crippen molar-refractivity contribution in [1.82, 2.24) is 15.5 Å². The highest BCUT2D eigenvalue weighted by atomic mass is 16.5. The Morgan fingerprint density at radius 1 is 1.00 bits per heavy atom. The van der Waals surface area contributed by atoms with E-state index in [-0.39, 0.29) is 24.4 Å². The second-order valence-electron chi connectivity index (χ2n) is 7.69. The van der Waals surface area contributed by atoms with E-state index in [4.69, 9.17) is 18.9 Å². The molecule has 1 fully saturated rings. The molecule has 0 aliphatic carbocycles. The van der Waals surface area contributed by atoms with Crippen molar-refractivity contribution in [3.05, 3.63) is 53.6 Å². The van der Waals surface area contributed by atoms with Crippen LogP contribution in [-0.4, -0.2) is 76.9 Å². The van der Waals surface area contributed by atoms with Gasteiger partial charge < -0.3 is 29.6 Å². The summed E-state index contributed by atoms with van der Waals surface area (Å²) in [6.45, 7) is 5.30. The van der Waals surface area contributed by atoms with Crippen molar-refractivity contribution in [2.75, 3.05) is 60.2 Å². The van der Waals surface area contributed by atoms with Crippen molar-refractivity contribution in [3.63, 3.8) is 0 Å². The molecule has 2 amide bonds. The van der Waals surface area contributed by atoms with Crippen LogP contribution in [0.3, 0.4) is 0 Å². The molecule has 9 heteroatoms. The second kappa shape index (κ2) is 12.8. The normalized spacial score (nSPS) is 14.7. The maximum atomic E-state index is 12.6. The molecule has 1 heterocycles. The number of hydrogen-bond acceptors (Lipinski definition) is 7. The van der Waals surface area contributed by atoms with E-state index in [2.05, 4.69) is 15.5 Å². The average Bonchev–Trinajstić information content (AvgIpc) is 2.88. The van der Waals surface area contributed by atoms with Crippen molar-refractivity contribution in [2.24, 2.45) is 0 Å². The summed E-state index contributed by atoms with van der Waals surface area (Å²) in [4.78, 5) is 27.4.